The van der Waals surface area contributed by atoms with E-state index in [1.807, 2.05) is 25.2 Å². The van der Waals surface area contributed by atoms with Gasteiger partial charge in [0.1, 0.15) is 17.8 Å². The van der Waals surface area contributed by atoms with Crippen LogP contribution in [0.2, 0.25) is 5.15 Å². The number of benzene rings is 1. The Morgan fingerprint density at radius 1 is 1.25 bits per heavy atom. The monoisotopic (exact) mass is 347 g/mol. The van der Waals surface area contributed by atoms with Gasteiger partial charge in [-0.2, -0.15) is 0 Å². The summed E-state index contributed by atoms with van der Waals surface area (Å²) in [5.41, 5.74) is 1.88. The molecule has 2 N–H and O–H groups in total. The van der Waals surface area contributed by atoms with Gasteiger partial charge in [-0.25, -0.2) is 9.97 Å². The normalized spacial score (nSPS) is 15.2. The van der Waals surface area contributed by atoms with Crippen LogP contribution in [-0.4, -0.2) is 43.3 Å². The van der Waals surface area contributed by atoms with Crippen molar-refractivity contribution in [2.45, 2.75) is 18.9 Å². The molecular weight excluding hydrogens is 326 g/mol. The Kier molecular flexibility index (Phi) is 5.25. The van der Waals surface area contributed by atoms with Crippen molar-refractivity contribution in [1.29, 1.82) is 0 Å². The molecule has 0 bridgehead atoms. The van der Waals surface area contributed by atoms with Crippen LogP contribution in [0.1, 0.15) is 12.8 Å². The largest absolute Gasteiger partial charge is 0.497 e. The summed E-state index contributed by atoms with van der Waals surface area (Å²) in [6.07, 6.45) is 3.57. The number of aromatic nitrogens is 2. The number of nitrogens with one attached hydrogen (secondary N) is 2. The SMILES string of the molecule is CNc1c(Cl)ncnc1N1CCC(Nc2cccc(OC)c2)CC1. The zero-order valence-electron chi connectivity index (χ0n) is 13.9. The molecule has 0 saturated carbocycles. The molecule has 2 aromatic rings. The van der Waals surface area contributed by atoms with Crippen LogP contribution in [0, 0.1) is 0 Å². The molecule has 24 heavy (non-hydrogen) atoms. The number of nitrogens with zero attached hydrogens (tertiary/aromatic N) is 3. The van der Waals surface area contributed by atoms with Crippen molar-refractivity contribution in [2.75, 3.05) is 42.8 Å². The first kappa shape index (κ1) is 16.6. The molecular formula is C17H22ClN5O. The lowest BCUT2D eigenvalue weighted by Gasteiger charge is -2.34. The van der Waals surface area contributed by atoms with Crippen LogP contribution in [0.5, 0.6) is 5.75 Å². The average molecular weight is 348 g/mol. The molecule has 1 aromatic heterocycles. The molecule has 1 saturated heterocycles. The van der Waals surface area contributed by atoms with E-state index in [0.717, 1.165) is 48.9 Å². The topological polar surface area (TPSA) is 62.3 Å². The number of ether oxygens (including phenoxy) is 1. The third-order valence-electron chi connectivity index (χ3n) is 4.27. The van der Waals surface area contributed by atoms with Crippen molar-refractivity contribution >= 4 is 28.8 Å². The Bertz CT molecular complexity index is 688. The number of hydrogen-bond donors (Lipinski definition) is 2. The lowest BCUT2D eigenvalue weighted by molar-refractivity contribution is 0.415. The fourth-order valence-electron chi connectivity index (χ4n) is 2.99. The van der Waals surface area contributed by atoms with E-state index in [0.29, 0.717) is 11.2 Å². The van der Waals surface area contributed by atoms with E-state index >= 15 is 0 Å². The van der Waals surface area contributed by atoms with E-state index in [1.165, 1.54) is 6.33 Å². The predicted molar refractivity (Wildman–Crippen MR) is 98.4 cm³/mol. The van der Waals surface area contributed by atoms with E-state index in [2.05, 4.69) is 31.6 Å². The standard InChI is InChI=1S/C17H22ClN5O/c1-19-15-16(18)20-11-21-17(15)23-8-6-12(7-9-23)22-13-4-3-5-14(10-13)24-2/h3-5,10-12,19,22H,6-9H2,1-2H3. The smallest absolute Gasteiger partial charge is 0.157 e. The van der Waals surface area contributed by atoms with E-state index in [9.17, 15) is 0 Å². The summed E-state index contributed by atoms with van der Waals surface area (Å²) in [6, 6.07) is 8.47. The van der Waals surface area contributed by atoms with Crippen LogP contribution in [-0.2, 0) is 0 Å². The first-order chi connectivity index (χ1) is 11.7. The summed E-state index contributed by atoms with van der Waals surface area (Å²) in [6.45, 7) is 1.84. The maximum absolute atomic E-state index is 6.15. The highest BCUT2D eigenvalue weighted by Gasteiger charge is 2.23. The number of piperidine rings is 1. The first-order valence-corrected chi connectivity index (χ1v) is 8.43. The molecule has 1 aliphatic rings. The van der Waals surface area contributed by atoms with Crippen LogP contribution >= 0.6 is 11.6 Å². The van der Waals surface area contributed by atoms with Gasteiger partial charge in [0, 0.05) is 37.9 Å². The summed E-state index contributed by atoms with van der Waals surface area (Å²) in [4.78, 5) is 10.7. The molecule has 6 nitrogen and oxygen atoms in total. The Hall–Kier alpha value is -2.21. The van der Waals surface area contributed by atoms with Crippen LogP contribution in [0.25, 0.3) is 0 Å². The molecule has 0 radical (unpaired) electrons. The summed E-state index contributed by atoms with van der Waals surface area (Å²) < 4.78 is 5.27. The molecule has 1 fully saturated rings. The maximum atomic E-state index is 6.15. The Balaban J connectivity index is 1.63. The second-order valence-electron chi connectivity index (χ2n) is 5.75. The maximum Gasteiger partial charge on any atom is 0.157 e. The zero-order chi connectivity index (χ0) is 16.9. The molecule has 0 amide bonds. The number of halogens is 1. The van der Waals surface area contributed by atoms with Crippen LogP contribution in [0.3, 0.4) is 0 Å². The Morgan fingerprint density at radius 3 is 2.75 bits per heavy atom. The molecule has 1 aliphatic heterocycles. The van der Waals surface area contributed by atoms with E-state index in [-0.39, 0.29) is 0 Å². The van der Waals surface area contributed by atoms with Gasteiger partial charge in [0.25, 0.3) is 0 Å². The van der Waals surface area contributed by atoms with Gasteiger partial charge in [-0.05, 0) is 25.0 Å². The number of rotatable bonds is 5. The van der Waals surface area contributed by atoms with Gasteiger partial charge >= 0.3 is 0 Å². The van der Waals surface area contributed by atoms with Gasteiger partial charge in [-0.15, -0.1) is 0 Å². The van der Waals surface area contributed by atoms with Gasteiger partial charge in [0.05, 0.1) is 7.11 Å². The first-order valence-electron chi connectivity index (χ1n) is 8.05. The molecule has 3 rings (SSSR count). The zero-order valence-corrected chi connectivity index (χ0v) is 14.7. The fourth-order valence-corrected chi connectivity index (χ4v) is 3.22. The van der Waals surface area contributed by atoms with Crippen LogP contribution < -0.4 is 20.3 Å². The number of anilines is 3. The minimum absolute atomic E-state index is 0.434. The molecule has 2 heterocycles. The average Bonchev–Trinajstić information content (AvgIpc) is 2.62. The van der Waals surface area contributed by atoms with Crippen molar-refractivity contribution in [2.24, 2.45) is 0 Å². The van der Waals surface area contributed by atoms with Crippen molar-refractivity contribution in [3.63, 3.8) is 0 Å². The molecule has 0 unspecified atom stereocenters. The fraction of sp³-hybridized carbons (Fsp3) is 0.412. The van der Waals surface area contributed by atoms with Crippen molar-refractivity contribution in [3.05, 3.63) is 35.7 Å². The van der Waals surface area contributed by atoms with E-state index in [4.69, 9.17) is 16.3 Å². The van der Waals surface area contributed by atoms with Crippen molar-refractivity contribution in [3.8, 4) is 5.75 Å². The van der Waals surface area contributed by atoms with E-state index in [1.54, 1.807) is 7.11 Å². The minimum Gasteiger partial charge on any atom is -0.497 e. The van der Waals surface area contributed by atoms with E-state index < -0.39 is 0 Å². The third kappa shape index (κ3) is 3.64. The Morgan fingerprint density at radius 2 is 2.04 bits per heavy atom. The molecule has 0 spiro atoms. The van der Waals surface area contributed by atoms with Gasteiger partial charge < -0.3 is 20.3 Å². The summed E-state index contributed by atoms with van der Waals surface area (Å²) in [7, 11) is 3.52. The van der Waals surface area contributed by atoms with Crippen LogP contribution in [0.4, 0.5) is 17.2 Å². The predicted octanol–water partition coefficient (Wildman–Crippen LogP) is 3.26. The van der Waals surface area contributed by atoms with Crippen molar-refractivity contribution < 1.29 is 4.74 Å². The van der Waals surface area contributed by atoms with Crippen molar-refractivity contribution in [1.82, 2.24) is 9.97 Å². The summed E-state index contributed by atoms with van der Waals surface area (Å²) in [5, 5.41) is 7.14. The number of methoxy groups -OCH3 is 1. The second kappa shape index (κ2) is 7.57. The van der Waals surface area contributed by atoms with Crippen LogP contribution in [0.15, 0.2) is 30.6 Å². The molecule has 0 aliphatic carbocycles. The summed E-state index contributed by atoms with van der Waals surface area (Å²) in [5.74, 6) is 1.74. The van der Waals surface area contributed by atoms with Gasteiger partial charge in [0.15, 0.2) is 11.0 Å². The molecule has 1 aromatic carbocycles. The second-order valence-corrected chi connectivity index (χ2v) is 6.11. The molecule has 7 heteroatoms. The quantitative estimate of drug-likeness (QED) is 0.809. The van der Waals surface area contributed by atoms with Gasteiger partial charge in [0.2, 0.25) is 0 Å². The molecule has 128 valence electrons. The third-order valence-corrected chi connectivity index (χ3v) is 4.55. The molecule has 0 atom stereocenters. The highest BCUT2D eigenvalue weighted by molar-refractivity contribution is 6.32. The highest BCUT2D eigenvalue weighted by Crippen LogP contribution is 2.31. The number of hydrogen-bond acceptors (Lipinski definition) is 6. The lowest BCUT2D eigenvalue weighted by atomic mass is 10.0. The van der Waals surface area contributed by atoms with Gasteiger partial charge in [-0.1, -0.05) is 17.7 Å². The highest BCUT2D eigenvalue weighted by atomic mass is 35.5. The Labute approximate surface area is 147 Å². The minimum atomic E-state index is 0.434. The summed E-state index contributed by atoms with van der Waals surface area (Å²) >= 11 is 6.15. The van der Waals surface area contributed by atoms with Gasteiger partial charge in [-0.3, -0.25) is 0 Å². The lowest BCUT2D eigenvalue weighted by Crippen LogP contribution is -2.39.